The quantitative estimate of drug-likeness (QED) is 0.822. The summed E-state index contributed by atoms with van der Waals surface area (Å²) in [6.45, 7) is 7.54. The van der Waals surface area contributed by atoms with E-state index >= 15 is 0 Å². The maximum atomic E-state index is 4.12. The lowest BCUT2D eigenvalue weighted by molar-refractivity contribution is 0.0972. The molecule has 2 heteroatoms. The van der Waals surface area contributed by atoms with Crippen LogP contribution in [0.25, 0.3) is 0 Å². The second-order valence-electron chi connectivity index (χ2n) is 8.24. The third-order valence-electron chi connectivity index (χ3n) is 6.60. The molecule has 2 saturated carbocycles. The zero-order valence-corrected chi connectivity index (χ0v) is 14.3. The first-order valence-electron chi connectivity index (χ1n) is 8.48. The van der Waals surface area contributed by atoms with Gasteiger partial charge in [-0.25, -0.2) is 0 Å². The van der Waals surface area contributed by atoms with Gasteiger partial charge in [-0.05, 0) is 59.8 Å². The molecule has 4 rings (SSSR count). The van der Waals surface area contributed by atoms with Gasteiger partial charge in [0.05, 0.1) is 0 Å². The van der Waals surface area contributed by atoms with Gasteiger partial charge in [0.15, 0.2) is 0 Å². The summed E-state index contributed by atoms with van der Waals surface area (Å²) in [6, 6.07) is 10.2. The Morgan fingerprint density at radius 3 is 2.71 bits per heavy atom. The maximum Gasteiger partial charge on any atom is 0.0342 e. The molecule has 4 atom stereocenters. The highest BCUT2D eigenvalue weighted by Crippen LogP contribution is 2.62. The first-order chi connectivity index (χ1) is 10.0. The molecule has 3 aliphatic rings. The normalized spacial score (nSPS) is 40.2. The molecule has 1 nitrogen and oxygen atoms in total. The van der Waals surface area contributed by atoms with Gasteiger partial charge in [0.25, 0.3) is 0 Å². The Morgan fingerprint density at radius 2 is 1.95 bits per heavy atom. The van der Waals surface area contributed by atoms with E-state index in [1.807, 2.05) is 11.8 Å². The van der Waals surface area contributed by atoms with Crippen molar-refractivity contribution in [1.82, 2.24) is 5.32 Å². The predicted octanol–water partition coefficient (Wildman–Crippen LogP) is 5.03. The summed E-state index contributed by atoms with van der Waals surface area (Å²) in [5.74, 6) is 2.18. The predicted molar refractivity (Wildman–Crippen MR) is 90.7 cm³/mol. The molecule has 0 spiro atoms. The average Bonchev–Trinajstić information content (AvgIpc) is 2.95. The van der Waals surface area contributed by atoms with Crippen LogP contribution in [0.4, 0.5) is 0 Å². The highest BCUT2D eigenvalue weighted by atomic mass is 32.2. The number of hydrogen-bond donors (Lipinski definition) is 1. The number of thioether (sulfide) groups is 1. The van der Waals surface area contributed by atoms with E-state index in [1.165, 1.54) is 41.9 Å². The third-order valence-corrected chi connectivity index (χ3v) is 7.72. The molecule has 0 amide bonds. The number of benzene rings is 1. The van der Waals surface area contributed by atoms with E-state index in [1.54, 1.807) is 0 Å². The van der Waals surface area contributed by atoms with E-state index in [2.05, 4.69) is 50.4 Å². The Balaban J connectivity index is 1.62. The fourth-order valence-electron chi connectivity index (χ4n) is 5.43. The largest absolute Gasteiger partial charge is 0.306 e. The van der Waals surface area contributed by atoms with Gasteiger partial charge in [-0.15, -0.1) is 11.8 Å². The average molecular weight is 301 g/mol. The molecule has 114 valence electrons. The molecule has 0 aromatic heterocycles. The van der Waals surface area contributed by atoms with E-state index in [9.17, 15) is 0 Å². The minimum Gasteiger partial charge on any atom is -0.306 e. The molecule has 4 unspecified atom stereocenters. The van der Waals surface area contributed by atoms with Crippen molar-refractivity contribution in [3.8, 4) is 0 Å². The molecule has 1 heterocycles. The zero-order valence-electron chi connectivity index (χ0n) is 13.5. The van der Waals surface area contributed by atoms with Crippen LogP contribution in [0.1, 0.15) is 58.1 Å². The zero-order chi connectivity index (χ0) is 14.7. The van der Waals surface area contributed by atoms with Crippen LogP contribution in [0.15, 0.2) is 29.2 Å². The highest BCUT2D eigenvalue weighted by Gasteiger charge is 2.59. The molecule has 2 bridgehead atoms. The summed E-state index contributed by atoms with van der Waals surface area (Å²) in [7, 11) is 0. The second-order valence-corrected chi connectivity index (χ2v) is 9.38. The van der Waals surface area contributed by atoms with Gasteiger partial charge in [0.1, 0.15) is 0 Å². The SMILES string of the molecule is CC12CCC(C1)C(C)(C)C2NC1CCSc2ccccc21. The van der Waals surface area contributed by atoms with Crippen LogP contribution in [0.3, 0.4) is 0 Å². The summed E-state index contributed by atoms with van der Waals surface area (Å²) in [6.07, 6.45) is 5.57. The lowest BCUT2D eigenvalue weighted by atomic mass is 9.68. The highest BCUT2D eigenvalue weighted by molar-refractivity contribution is 7.99. The van der Waals surface area contributed by atoms with Gasteiger partial charge in [-0.1, -0.05) is 39.0 Å². The van der Waals surface area contributed by atoms with Crippen molar-refractivity contribution in [2.45, 2.75) is 63.4 Å². The fourth-order valence-corrected chi connectivity index (χ4v) is 6.56. The Bertz CT molecular complexity index is 547. The summed E-state index contributed by atoms with van der Waals surface area (Å²) >= 11 is 2.02. The van der Waals surface area contributed by atoms with Crippen molar-refractivity contribution < 1.29 is 0 Å². The molecule has 0 saturated heterocycles. The standard InChI is InChI=1S/C19H27NS/c1-18(2)13-8-10-19(3,12-13)17(18)20-15-9-11-21-16-7-5-4-6-14(15)16/h4-7,13,15,17,20H,8-12H2,1-3H3. The van der Waals surface area contributed by atoms with E-state index in [0.29, 0.717) is 22.9 Å². The Morgan fingerprint density at radius 1 is 1.14 bits per heavy atom. The van der Waals surface area contributed by atoms with Crippen LogP contribution in [-0.2, 0) is 0 Å². The number of rotatable bonds is 2. The topological polar surface area (TPSA) is 12.0 Å². The minimum atomic E-state index is 0.451. The van der Waals surface area contributed by atoms with Crippen LogP contribution in [0.2, 0.25) is 0 Å². The van der Waals surface area contributed by atoms with Crippen molar-refractivity contribution in [2.75, 3.05) is 5.75 Å². The maximum absolute atomic E-state index is 4.12. The first-order valence-corrected chi connectivity index (χ1v) is 9.47. The van der Waals surface area contributed by atoms with Crippen LogP contribution in [0, 0.1) is 16.7 Å². The van der Waals surface area contributed by atoms with Gasteiger partial charge in [-0.2, -0.15) is 0 Å². The smallest absolute Gasteiger partial charge is 0.0342 e. The molecule has 0 radical (unpaired) electrons. The molecule has 1 N–H and O–H groups in total. The van der Waals surface area contributed by atoms with Gasteiger partial charge in [-0.3, -0.25) is 0 Å². The lowest BCUT2D eigenvalue weighted by Gasteiger charge is -2.45. The number of nitrogens with one attached hydrogen (secondary N) is 1. The summed E-state index contributed by atoms with van der Waals surface area (Å²) in [5.41, 5.74) is 2.51. The number of fused-ring (bicyclic) bond motifs is 3. The van der Waals surface area contributed by atoms with Crippen molar-refractivity contribution in [3.05, 3.63) is 29.8 Å². The molecular formula is C19H27NS. The van der Waals surface area contributed by atoms with E-state index in [-0.39, 0.29) is 0 Å². The Kier molecular flexibility index (Phi) is 3.21. The molecule has 1 aliphatic heterocycles. The number of hydrogen-bond acceptors (Lipinski definition) is 2. The van der Waals surface area contributed by atoms with Crippen molar-refractivity contribution in [3.63, 3.8) is 0 Å². The monoisotopic (exact) mass is 301 g/mol. The van der Waals surface area contributed by atoms with Crippen LogP contribution in [-0.4, -0.2) is 11.8 Å². The first kappa shape index (κ1) is 14.1. The van der Waals surface area contributed by atoms with Gasteiger partial charge >= 0.3 is 0 Å². The summed E-state index contributed by atoms with van der Waals surface area (Å²) in [5, 5.41) is 4.12. The van der Waals surface area contributed by atoms with Crippen LogP contribution < -0.4 is 5.32 Å². The van der Waals surface area contributed by atoms with E-state index in [0.717, 1.165) is 5.92 Å². The molecule has 21 heavy (non-hydrogen) atoms. The summed E-state index contributed by atoms with van der Waals surface area (Å²) in [4.78, 5) is 1.49. The Hall–Kier alpha value is -0.470. The molecule has 1 aromatic rings. The van der Waals surface area contributed by atoms with Crippen molar-refractivity contribution in [1.29, 1.82) is 0 Å². The fraction of sp³-hybridized carbons (Fsp3) is 0.684. The van der Waals surface area contributed by atoms with Crippen molar-refractivity contribution >= 4 is 11.8 Å². The minimum absolute atomic E-state index is 0.451. The van der Waals surface area contributed by atoms with Crippen LogP contribution >= 0.6 is 11.8 Å². The molecule has 2 fully saturated rings. The lowest BCUT2D eigenvalue weighted by Crippen LogP contribution is -2.51. The second kappa shape index (κ2) is 4.76. The molecule has 1 aromatic carbocycles. The van der Waals surface area contributed by atoms with Crippen LogP contribution in [0.5, 0.6) is 0 Å². The van der Waals surface area contributed by atoms with Gasteiger partial charge in [0.2, 0.25) is 0 Å². The van der Waals surface area contributed by atoms with Gasteiger partial charge in [0, 0.05) is 17.0 Å². The Labute approximate surface area is 133 Å². The molecular weight excluding hydrogens is 274 g/mol. The van der Waals surface area contributed by atoms with E-state index in [4.69, 9.17) is 0 Å². The van der Waals surface area contributed by atoms with E-state index < -0.39 is 0 Å². The third kappa shape index (κ3) is 2.09. The van der Waals surface area contributed by atoms with Crippen molar-refractivity contribution in [2.24, 2.45) is 16.7 Å². The summed E-state index contributed by atoms with van der Waals surface area (Å²) < 4.78 is 0. The molecule has 2 aliphatic carbocycles. The van der Waals surface area contributed by atoms with Gasteiger partial charge < -0.3 is 5.32 Å².